The maximum Gasteiger partial charge on any atom is 0.327 e. The molecule has 4 heteroatoms. The molecule has 1 atom stereocenters. The van der Waals surface area contributed by atoms with Crippen molar-refractivity contribution in [1.29, 1.82) is 0 Å². The molecule has 0 spiro atoms. The van der Waals surface area contributed by atoms with E-state index in [0.29, 0.717) is 6.42 Å². The molecule has 0 aromatic rings. The van der Waals surface area contributed by atoms with Crippen LogP contribution >= 0.6 is 18.0 Å². The summed E-state index contributed by atoms with van der Waals surface area (Å²) in [5.41, 5.74) is 0. The molecule has 0 rings (SSSR count). The molecule has 0 amide bonds. The molecule has 1 unspecified atom stereocenters. The third-order valence-corrected chi connectivity index (χ3v) is 1.96. The highest BCUT2D eigenvalue weighted by Crippen LogP contribution is 2.52. The van der Waals surface area contributed by atoms with Gasteiger partial charge in [-0.1, -0.05) is 6.92 Å². The van der Waals surface area contributed by atoms with Crippen LogP contribution in [0.2, 0.25) is 0 Å². The summed E-state index contributed by atoms with van der Waals surface area (Å²) in [4.78, 5) is 0. The van der Waals surface area contributed by atoms with Crippen molar-refractivity contribution in [2.45, 2.75) is 13.3 Å². The number of halogens is 2. The Morgan fingerprint density at radius 3 is 2.29 bits per heavy atom. The third kappa shape index (κ3) is 6.45. The minimum absolute atomic E-state index is 0.00540. The quantitative estimate of drug-likeness (QED) is 0.545. The van der Waals surface area contributed by atoms with Gasteiger partial charge in [0.25, 0.3) is 0 Å². The summed E-state index contributed by atoms with van der Waals surface area (Å²) in [6.07, 6.45) is 0.534. The Morgan fingerprint density at radius 1 is 1.86 bits per heavy atom. The van der Waals surface area contributed by atoms with Gasteiger partial charge in [-0.25, -0.2) is 0 Å². The SMILES string of the molecule is CCCP(=O)(F)Cl. The van der Waals surface area contributed by atoms with Crippen LogP contribution in [0, 0.1) is 0 Å². The van der Waals surface area contributed by atoms with Crippen molar-refractivity contribution in [3.63, 3.8) is 0 Å². The molecule has 0 aliphatic heterocycles. The Hall–Kier alpha value is 0.450. The Bertz CT molecular complexity index is 88.9. The van der Waals surface area contributed by atoms with Crippen molar-refractivity contribution in [1.82, 2.24) is 0 Å². The van der Waals surface area contributed by atoms with Crippen molar-refractivity contribution in [3.05, 3.63) is 0 Å². The first-order valence-electron chi connectivity index (χ1n) is 2.04. The average Bonchev–Trinajstić information content (AvgIpc) is 1.30. The van der Waals surface area contributed by atoms with Crippen LogP contribution in [-0.4, -0.2) is 6.16 Å². The normalized spacial score (nSPS) is 18.7. The van der Waals surface area contributed by atoms with Gasteiger partial charge in [0.15, 0.2) is 0 Å². The zero-order chi connectivity index (χ0) is 5.91. The summed E-state index contributed by atoms with van der Waals surface area (Å²) in [5.74, 6) is 0. The van der Waals surface area contributed by atoms with Gasteiger partial charge in [0.2, 0.25) is 0 Å². The van der Waals surface area contributed by atoms with Crippen molar-refractivity contribution < 1.29 is 8.76 Å². The third-order valence-electron chi connectivity index (χ3n) is 0.484. The smallest absolute Gasteiger partial charge is 0.270 e. The molecule has 7 heavy (non-hydrogen) atoms. The molecule has 0 saturated carbocycles. The maximum atomic E-state index is 11.7. The molecule has 0 aliphatic rings. The molecule has 0 heterocycles. The van der Waals surface area contributed by atoms with E-state index in [4.69, 9.17) is 11.2 Å². The molecular weight excluding hydrogens is 137 g/mol. The van der Waals surface area contributed by atoms with Crippen LogP contribution < -0.4 is 0 Å². The largest absolute Gasteiger partial charge is 0.327 e. The van der Waals surface area contributed by atoms with E-state index in [-0.39, 0.29) is 6.16 Å². The van der Waals surface area contributed by atoms with Gasteiger partial charge in [-0.05, 0) is 17.7 Å². The molecule has 0 fully saturated rings. The first-order valence-corrected chi connectivity index (χ1v) is 4.73. The van der Waals surface area contributed by atoms with E-state index in [1.807, 2.05) is 0 Å². The van der Waals surface area contributed by atoms with E-state index in [1.54, 1.807) is 6.92 Å². The Balaban J connectivity index is 3.36. The molecule has 0 aromatic carbocycles. The Kier molecular flexibility index (Phi) is 2.86. The predicted molar refractivity (Wildman–Crippen MR) is 29.7 cm³/mol. The summed E-state index contributed by atoms with van der Waals surface area (Å²) in [7, 11) is 0. The van der Waals surface area contributed by atoms with Gasteiger partial charge in [-0.15, -0.1) is 0 Å². The number of hydrogen-bond donors (Lipinski definition) is 0. The first-order chi connectivity index (χ1) is 3.06. The number of rotatable bonds is 2. The summed E-state index contributed by atoms with van der Waals surface area (Å²) < 4.78 is 21.6. The van der Waals surface area contributed by atoms with E-state index in [2.05, 4.69) is 0 Å². The highest BCUT2D eigenvalue weighted by Gasteiger charge is 2.12. The van der Waals surface area contributed by atoms with Gasteiger partial charge in [0.05, 0.1) is 0 Å². The lowest BCUT2D eigenvalue weighted by Gasteiger charge is -1.91. The fraction of sp³-hybridized carbons (Fsp3) is 1.00. The van der Waals surface area contributed by atoms with E-state index in [0.717, 1.165) is 0 Å². The van der Waals surface area contributed by atoms with Gasteiger partial charge in [0.1, 0.15) is 0 Å². The van der Waals surface area contributed by atoms with Crippen LogP contribution in [0.4, 0.5) is 4.20 Å². The highest BCUT2D eigenvalue weighted by atomic mass is 35.7. The zero-order valence-electron chi connectivity index (χ0n) is 4.03. The Labute approximate surface area is 47.1 Å². The van der Waals surface area contributed by atoms with Crippen molar-refractivity contribution >= 4 is 18.0 Å². The molecule has 1 nitrogen and oxygen atoms in total. The van der Waals surface area contributed by atoms with Gasteiger partial charge in [-0.3, -0.25) is 4.57 Å². The lowest BCUT2D eigenvalue weighted by molar-refractivity contribution is 0.553. The lowest BCUT2D eigenvalue weighted by atomic mass is 10.6. The topological polar surface area (TPSA) is 17.1 Å². The fourth-order valence-electron chi connectivity index (χ4n) is 0.260. The molecule has 0 bridgehead atoms. The summed E-state index contributed by atoms with van der Waals surface area (Å²) in [6, 6.07) is 0. The standard InChI is InChI=1S/C3H7ClFOP/c1-2-3-7(4,5)6/h2-3H2,1H3. The molecular formula is C3H7ClFOP. The van der Waals surface area contributed by atoms with E-state index >= 15 is 0 Å². The van der Waals surface area contributed by atoms with Crippen molar-refractivity contribution in [3.8, 4) is 0 Å². The van der Waals surface area contributed by atoms with Crippen molar-refractivity contribution in [2.24, 2.45) is 0 Å². The van der Waals surface area contributed by atoms with Gasteiger partial charge >= 0.3 is 6.81 Å². The molecule has 0 aliphatic carbocycles. The second kappa shape index (κ2) is 2.68. The summed E-state index contributed by atoms with van der Waals surface area (Å²) in [5, 5.41) is 0. The van der Waals surface area contributed by atoms with Crippen LogP contribution in [-0.2, 0) is 4.57 Å². The van der Waals surface area contributed by atoms with Crippen LogP contribution in [0.5, 0.6) is 0 Å². The molecule has 44 valence electrons. The van der Waals surface area contributed by atoms with Crippen LogP contribution in [0.1, 0.15) is 13.3 Å². The van der Waals surface area contributed by atoms with Crippen LogP contribution in [0.3, 0.4) is 0 Å². The minimum Gasteiger partial charge on any atom is -0.270 e. The molecule has 0 aromatic heterocycles. The summed E-state index contributed by atoms with van der Waals surface area (Å²) >= 11 is 4.72. The average molecular weight is 145 g/mol. The number of hydrogen-bond acceptors (Lipinski definition) is 1. The van der Waals surface area contributed by atoms with Gasteiger partial charge < -0.3 is 0 Å². The van der Waals surface area contributed by atoms with Crippen LogP contribution in [0.15, 0.2) is 0 Å². The molecule has 0 saturated heterocycles. The minimum atomic E-state index is -3.69. The zero-order valence-corrected chi connectivity index (χ0v) is 5.68. The van der Waals surface area contributed by atoms with E-state index in [9.17, 15) is 8.76 Å². The second-order valence-electron chi connectivity index (χ2n) is 1.29. The second-order valence-corrected chi connectivity index (χ2v) is 4.40. The van der Waals surface area contributed by atoms with Crippen LogP contribution in [0.25, 0.3) is 0 Å². The highest BCUT2D eigenvalue weighted by molar-refractivity contribution is 7.85. The molecule has 0 N–H and O–H groups in total. The van der Waals surface area contributed by atoms with Gasteiger partial charge in [0, 0.05) is 6.16 Å². The summed E-state index contributed by atoms with van der Waals surface area (Å²) in [6.45, 7) is -1.96. The maximum absolute atomic E-state index is 11.7. The predicted octanol–water partition coefficient (Wildman–Crippen LogP) is 2.80. The van der Waals surface area contributed by atoms with Gasteiger partial charge in [-0.2, -0.15) is 4.20 Å². The monoisotopic (exact) mass is 144 g/mol. The van der Waals surface area contributed by atoms with Crippen molar-refractivity contribution in [2.75, 3.05) is 6.16 Å². The molecule has 0 radical (unpaired) electrons. The lowest BCUT2D eigenvalue weighted by Crippen LogP contribution is -1.70. The van der Waals surface area contributed by atoms with E-state index < -0.39 is 6.81 Å². The Morgan fingerprint density at radius 2 is 2.29 bits per heavy atom. The fourth-order valence-corrected chi connectivity index (χ4v) is 1.29. The van der Waals surface area contributed by atoms with E-state index in [1.165, 1.54) is 0 Å². The first kappa shape index (κ1) is 7.45.